The highest BCUT2D eigenvalue weighted by atomic mass is 32.1. The number of rotatable bonds is 5. The molecule has 0 radical (unpaired) electrons. The number of hydrogen-bond acceptors (Lipinski definition) is 2. The molecule has 0 bridgehead atoms. The van der Waals surface area contributed by atoms with Gasteiger partial charge in [-0.15, -0.1) is 0 Å². The number of carbonyl (C=O) groups is 1. The molecule has 0 saturated heterocycles. The molecule has 3 nitrogen and oxygen atoms in total. The lowest BCUT2D eigenvalue weighted by atomic mass is 9.98. The summed E-state index contributed by atoms with van der Waals surface area (Å²) in [5.74, 6) is 0.0330. The summed E-state index contributed by atoms with van der Waals surface area (Å²) in [7, 11) is 0. The number of hydrogen-bond donors (Lipinski definition) is 2. The maximum absolute atomic E-state index is 12.2. The third kappa shape index (κ3) is 2.88. The van der Waals surface area contributed by atoms with E-state index >= 15 is 0 Å². The maximum Gasteiger partial charge on any atom is 0.234 e. The van der Waals surface area contributed by atoms with Crippen molar-refractivity contribution in [1.29, 1.82) is 0 Å². The molecule has 1 aromatic carbocycles. The summed E-state index contributed by atoms with van der Waals surface area (Å²) >= 11 is 5.02. The van der Waals surface area contributed by atoms with E-state index in [2.05, 4.69) is 12.2 Å². The third-order valence-corrected chi connectivity index (χ3v) is 3.69. The molecule has 1 saturated carbocycles. The molecule has 4 heteroatoms. The molecule has 0 spiro atoms. The molecule has 96 valence electrons. The summed E-state index contributed by atoms with van der Waals surface area (Å²) in [5, 5.41) is 3.03. The zero-order valence-electron chi connectivity index (χ0n) is 10.4. The predicted octanol–water partition coefficient (Wildman–Crippen LogP) is 1.97. The molecule has 1 aromatic rings. The van der Waals surface area contributed by atoms with Crippen molar-refractivity contribution in [3.8, 4) is 0 Å². The fraction of sp³-hybridized carbons (Fsp3) is 0.429. The zero-order chi connectivity index (χ0) is 13.1. The molecule has 3 unspecified atom stereocenters. The van der Waals surface area contributed by atoms with E-state index in [-0.39, 0.29) is 10.9 Å². The Balaban J connectivity index is 2.07. The first kappa shape index (κ1) is 13.0. The van der Waals surface area contributed by atoms with E-state index in [1.165, 1.54) is 0 Å². The van der Waals surface area contributed by atoms with Gasteiger partial charge in [0.15, 0.2) is 0 Å². The van der Waals surface area contributed by atoms with E-state index in [1.807, 2.05) is 30.3 Å². The SMILES string of the molecule is CCC1CC1NC(=O)C(C(N)=S)c1ccccc1. The normalized spacial score (nSPS) is 23.2. The first-order valence-corrected chi connectivity index (χ1v) is 6.69. The summed E-state index contributed by atoms with van der Waals surface area (Å²) in [4.78, 5) is 12.4. The van der Waals surface area contributed by atoms with Crippen LogP contribution in [0, 0.1) is 5.92 Å². The minimum absolute atomic E-state index is 0.0744. The molecular formula is C14H18N2OS. The number of benzene rings is 1. The van der Waals surface area contributed by atoms with Crippen LogP contribution in [-0.4, -0.2) is 16.9 Å². The standard InChI is InChI=1S/C14H18N2OS/c1-2-9-8-11(9)16-14(17)12(13(15)18)10-6-4-3-5-7-10/h3-7,9,11-12H,2,8H2,1H3,(H2,15,18)(H,16,17). The van der Waals surface area contributed by atoms with Gasteiger partial charge in [-0.1, -0.05) is 55.9 Å². The van der Waals surface area contributed by atoms with Crippen LogP contribution < -0.4 is 11.1 Å². The van der Waals surface area contributed by atoms with Gasteiger partial charge < -0.3 is 11.1 Å². The fourth-order valence-corrected chi connectivity index (χ4v) is 2.48. The van der Waals surface area contributed by atoms with Crippen LogP contribution in [0.5, 0.6) is 0 Å². The van der Waals surface area contributed by atoms with Gasteiger partial charge >= 0.3 is 0 Å². The molecule has 1 aliphatic rings. The third-order valence-electron chi connectivity index (χ3n) is 3.45. The molecule has 1 fully saturated rings. The van der Waals surface area contributed by atoms with Crippen molar-refractivity contribution in [2.75, 3.05) is 0 Å². The first-order chi connectivity index (χ1) is 8.63. The predicted molar refractivity (Wildman–Crippen MR) is 76.3 cm³/mol. The van der Waals surface area contributed by atoms with Crippen molar-refractivity contribution in [1.82, 2.24) is 5.32 Å². The van der Waals surface area contributed by atoms with Crippen molar-refractivity contribution in [3.63, 3.8) is 0 Å². The molecule has 0 heterocycles. The Morgan fingerprint density at radius 3 is 2.67 bits per heavy atom. The molecule has 3 N–H and O–H groups in total. The van der Waals surface area contributed by atoms with Crippen molar-refractivity contribution < 1.29 is 4.79 Å². The summed E-state index contributed by atoms with van der Waals surface area (Å²) in [6.07, 6.45) is 2.18. The Morgan fingerprint density at radius 2 is 2.17 bits per heavy atom. The van der Waals surface area contributed by atoms with Gasteiger partial charge in [0.05, 0.1) is 4.99 Å². The van der Waals surface area contributed by atoms with E-state index in [0.717, 1.165) is 18.4 Å². The lowest BCUT2D eigenvalue weighted by Crippen LogP contribution is -2.37. The minimum atomic E-state index is -0.515. The highest BCUT2D eigenvalue weighted by Crippen LogP contribution is 2.33. The van der Waals surface area contributed by atoms with Crippen LogP contribution in [0.3, 0.4) is 0 Å². The van der Waals surface area contributed by atoms with Gasteiger partial charge in [-0.25, -0.2) is 0 Å². The average Bonchev–Trinajstić information content (AvgIpc) is 3.08. The Morgan fingerprint density at radius 1 is 1.50 bits per heavy atom. The van der Waals surface area contributed by atoms with Crippen LogP contribution in [-0.2, 0) is 4.79 Å². The second-order valence-electron chi connectivity index (χ2n) is 4.77. The Kier molecular flexibility index (Phi) is 3.97. The molecule has 2 rings (SSSR count). The van der Waals surface area contributed by atoms with Gasteiger partial charge in [0.1, 0.15) is 5.92 Å². The quantitative estimate of drug-likeness (QED) is 0.798. The monoisotopic (exact) mass is 262 g/mol. The van der Waals surface area contributed by atoms with Crippen molar-refractivity contribution >= 4 is 23.1 Å². The minimum Gasteiger partial charge on any atom is -0.392 e. The molecule has 18 heavy (non-hydrogen) atoms. The fourth-order valence-electron chi connectivity index (χ4n) is 2.23. The molecular weight excluding hydrogens is 244 g/mol. The Hall–Kier alpha value is -1.42. The summed E-state index contributed by atoms with van der Waals surface area (Å²) in [6.45, 7) is 2.14. The molecule has 1 aliphatic carbocycles. The number of nitrogens with one attached hydrogen (secondary N) is 1. The summed E-state index contributed by atoms with van der Waals surface area (Å²) in [6, 6.07) is 9.76. The highest BCUT2D eigenvalue weighted by molar-refractivity contribution is 7.80. The lowest BCUT2D eigenvalue weighted by Gasteiger charge is -2.15. The van der Waals surface area contributed by atoms with Crippen molar-refractivity contribution in [3.05, 3.63) is 35.9 Å². The number of carbonyl (C=O) groups excluding carboxylic acids is 1. The second-order valence-corrected chi connectivity index (χ2v) is 5.24. The smallest absolute Gasteiger partial charge is 0.234 e. The van der Waals surface area contributed by atoms with Crippen LogP contribution in [0.2, 0.25) is 0 Å². The van der Waals surface area contributed by atoms with Crippen LogP contribution in [0.25, 0.3) is 0 Å². The number of amides is 1. The lowest BCUT2D eigenvalue weighted by molar-refractivity contribution is -0.121. The van der Waals surface area contributed by atoms with Gasteiger partial charge in [-0.05, 0) is 17.9 Å². The summed E-state index contributed by atoms with van der Waals surface area (Å²) in [5.41, 5.74) is 6.56. The largest absolute Gasteiger partial charge is 0.392 e. The van der Waals surface area contributed by atoms with E-state index in [4.69, 9.17) is 18.0 Å². The van der Waals surface area contributed by atoms with E-state index in [1.54, 1.807) is 0 Å². The molecule has 0 aliphatic heterocycles. The first-order valence-electron chi connectivity index (χ1n) is 6.28. The van der Waals surface area contributed by atoms with Gasteiger partial charge in [0, 0.05) is 6.04 Å². The Bertz CT molecular complexity index is 446. The van der Waals surface area contributed by atoms with Gasteiger partial charge in [0.2, 0.25) is 5.91 Å². The van der Waals surface area contributed by atoms with E-state index in [0.29, 0.717) is 12.0 Å². The number of nitrogens with two attached hydrogens (primary N) is 1. The molecule has 0 aromatic heterocycles. The zero-order valence-corrected chi connectivity index (χ0v) is 11.2. The average molecular weight is 262 g/mol. The van der Waals surface area contributed by atoms with Crippen LogP contribution in [0.15, 0.2) is 30.3 Å². The van der Waals surface area contributed by atoms with Crippen LogP contribution >= 0.6 is 12.2 Å². The maximum atomic E-state index is 12.2. The van der Waals surface area contributed by atoms with Gasteiger partial charge in [0.25, 0.3) is 0 Å². The van der Waals surface area contributed by atoms with Gasteiger partial charge in [-0.3, -0.25) is 4.79 Å². The van der Waals surface area contributed by atoms with E-state index < -0.39 is 5.92 Å². The second kappa shape index (κ2) is 5.48. The highest BCUT2D eigenvalue weighted by Gasteiger charge is 2.38. The number of thiocarbonyl (C=S) groups is 1. The Labute approximate surface area is 113 Å². The topological polar surface area (TPSA) is 55.1 Å². The van der Waals surface area contributed by atoms with Crippen LogP contribution in [0.1, 0.15) is 31.2 Å². The summed E-state index contributed by atoms with van der Waals surface area (Å²) < 4.78 is 0. The van der Waals surface area contributed by atoms with Crippen LogP contribution in [0.4, 0.5) is 0 Å². The molecule has 1 amide bonds. The van der Waals surface area contributed by atoms with Gasteiger partial charge in [-0.2, -0.15) is 0 Å². The molecule has 3 atom stereocenters. The van der Waals surface area contributed by atoms with E-state index in [9.17, 15) is 4.79 Å². The van der Waals surface area contributed by atoms with Crippen molar-refractivity contribution in [2.24, 2.45) is 11.7 Å². The van der Waals surface area contributed by atoms with Crippen molar-refractivity contribution in [2.45, 2.75) is 31.7 Å².